The summed E-state index contributed by atoms with van der Waals surface area (Å²) in [5, 5.41) is 8.25. The van der Waals surface area contributed by atoms with Gasteiger partial charge in [-0.25, -0.2) is 0 Å². The zero-order valence-electron chi connectivity index (χ0n) is 11.4. The molecule has 1 fully saturated rings. The maximum atomic E-state index is 4.60. The molecule has 3 nitrogen and oxygen atoms in total. The standard InChI is InChI=1S/C14H25N3/c1-4-15-13(12-8-11-17(3)16-12)14(2)9-6-5-7-10-14/h8,11,13,15H,4-7,9-10H2,1-3H3. The number of nitrogens with one attached hydrogen (secondary N) is 1. The average molecular weight is 235 g/mol. The molecule has 0 aliphatic heterocycles. The number of aromatic nitrogens is 2. The lowest BCUT2D eigenvalue weighted by molar-refractivity contribution is 0.143. The van der Waals surface area contributed by atoms with Gasteiger partial charge in [-0.3, -0.25) is 4.68 Å². The molecule has 1 N–H and O–H groups in total. The van der Waals surface area contributed by atoms with Gasteiger partial charge in [0, 0.05) is 13.2 Å². The Morgan fingerprint density at radius 2 is 2.12 bits per heavy atom. The second-order valence-electron chi connectivity index (χ2n) is 5.62. The van der Waals surface area contributed by atoms with E-state index in [1.165, 1.54) is 37.8 Å². The van der Waals surface area contributed by atoms with Crippen LogP contribution in [0.25, 0.3) is 0 Å². The fourth-order valence-corrected chi connectivity index (χ4v) is 3.15. The molecule has 3 heteroatoms. The van der Waals surface area contributed by atoms with Crippen molar-refractivity contribution in [3.8, 4) is 0 Å². The van der Waals surface area contributed by atoms with Gasteiger partial charge in [-0.05, 0) is 30.9 Å². The first-order chi connectivity index (χ1) is 8.15. The molecule has 0 radical (unpaired) electrons. The maximum Gasteiger partial charge on any atom is 0.0799 e. The molecule has 1 aliphatic carbocycles. The molecular weight excluding hydrogens is 210 g/mol. The maximum absolute atomic E-state index is 4.60. The molecule has 1 aromatic heterocycles. The average Bonchev–Trinajstić information content (AvgIpc) is 2.73. The van der Waals surface area contributed by atoms with E-state index in [2.05, 4.69) is 30.3 Å². The molecule has 1 atom stereocenters. The third-order valence-electron chi connectivity index (χ3n) is 4.13. The van der Waals surface area contributed by atoms with Gasteiger partial charge in [0.05, 0.1) is 11.7 Å². The highest BCUT2D eigenvalue weighted by Crippen LogP contribution is 2.45. The molecule has 0 aromatic carbocycles. The Balaban J connectivity index is 2.21. The first kappa shape index (κ1) is 12.6. The van der Waals surface area contributed by atoms with Crippen molar-refractivity contribution in [3.05, 3.63) is 18.0 Å². The Labute approximate surface area is 105 Å². The minimum Gasteiger partial charge on any atom is -0.308 e. The van der Waals surface area contributed by atoms with Crippen molar-refractivity contribution in [3.63, 3.8) is 0 Å². The van der Waals surface area contributed by atoms with Crippen molar-refractivity contribution in [2.24, 2.45) is 12.5 Å². The lowest BCUT2D eigenvalue weighted by Crippen LogP contribution is -2.38. The molecule has 17 heavy (non-hydrogen) atoms. The lowest BCUT2D eigenvalue weighted by atomic mass is 9.69. The summed E-state index contributed by atoms with van der Waals surface area (Å²) in [5.41, 5.74) is 1.58. The van der Waals surface area contributed by atoms with Crippen LogP contribution in [0.4, 0.5) is 0 Å². The van der Waals surface area contributed by atoms with Gasteiger partial charge in [0.1, 0.15) is 0 Å². The smallest absolute Gasteiger partial charge is 0.0799 e. The molecule has 1 aliphatic rings. The lowest BCUT2D eigenvalue weighted by Gasteiger charge is -2.40. The first-order valence-corrected chi connectivity index (χ1v) is 6.88. The summed E-state index contributed by atoms with van der Waals surface area (Å²) < 4.78 is 1.91. The summed E-state index contributed by atoms with van der Waals surface area (Å²) in [6.07, 6.45) is 8.82. The van der Waals surface area contributed by atoms with E-state index in [4.69, 9.17) is 0 Å². The molecular formula is C14H25N3. The van der Waals surface area contributed by atoms with Gasteiger partial charge in [0.2, 0.25) is 0 Å². The second kappa shape index (κ2) is 5.21. The number of hydrogen-bond acceptors (Lipinski definition) is 2. The first-order valence-electron chi connectivity index (χ1n) is 6.88. The van der Waals surface area contributed by atoms with Crippen molar-refractivity contribution in [2.75, 3.05) is 6.54 Å². The molecule has 96 valence electrons. The molecule has 0 saturated heterocycles. The van der Waals surface area contributed by atoms with Crippen molar-refractivity contribution >= 4 is 0 Å². The zero-order chi connectivity index (χ0) is 12.3. The number of aryl methyl sites for hydroxylation is 1. The van der Waals surface area contributed by atoms with E-state index in [9.17, 15) is 0 Å². The summed E-state index contributed by atoms with van der Waals surface area (Å²) in [7, 11) is 2.00. The number of nitrogens with zero attached hydrogens (tertiary/aromatic N) is 2. The van der Waals surface area contributed by atoms with Crippen molar-refractivity contribution < 1.29 is 0 Å². The van der Waals surface area contributed by atoms with Crippen LogP contribution in [-0.2, 0) is 7.05 Å². The van der Waals surface area contributed by atoms with Gasteiger partial charge in [-0.15, -0.1) is 0 Å². The number of hydrogen-bond donors (Lipinski definition) is 1. The van der Waals surface area contributed by atoms with Crippen LogP contribution < -0.4 is 5.32 Å². The van der Waals surface area contributed by atoms with Crippen molar-refractivity contribution in [2.45, 2.75) is 52.0 Å². The van der Waals surface area contributed by atoms with E-state index < -0.39 is 0 Å². The summed E-state index contributed by atoms with van der Waals surface area (Å²) >= 11 is 0. The van der Waals surface area contributed by atoms with Crippen LogP contribution in [-0.4, -0.2) is 16.3 Å². The molecule has 0 amide bonds. The van der Waals surface area contributed by atoms with Crippen LogP contribution in [0.5, 0.6) is 0 Å². The minimum absolute atomic E-state index is 0.378. The molecule has 1 unspecified atom stereocenters. The van der Waals surface area contributed by atoms with E-state index in [-0.39, 0.29) is 0 Å². The predicted octanol–water partition coefficient (Wildman–Crippen LogP) is 3.04. The van der Waals surface area contributed by atoms with Crippen molar-refractivity contribution in [1.82, 2.24) is 15.1 Å². The van der Waals surface area contributed by atoms with E-state index in [1.54, 1.807) is 0 Å². The summed E-state index contributed by atoms with van der Waals surface area (Å²) in [6.45, 7) is 5.62. The highest BCUT2D eigenvalue weighted by Gasteiger charge is 2.37. The summed E-state index contributed by atoms with van der Waals surface area (Å²) in [5.74, 6) is 0. The Morgan fingerprint density at radius 3 is 2.65 bits per heavy atom. The van der Waals surface area contributed by atoms with Gasteiger partial charge < -0.3 is 5.32 Å². The monoisotopic (exact) mass is 235 g/mol. The molecule has 0 bridgehead atoms. The molecule has 0 spiro atoms. The van der Waals surface area contributed by atoms with E-state index >= 15 is 0 Å². The van der Waals surface area contributed by atoms with Crippen LogP contribution in [0.2, 0.25) is 0 Å². The highest BCUT2D eigenvalue weighted by atomic mass is 15.3. The number of rotatable bonds is 4. The van der Waals surface area contributed by atoms with E-state index in [0.717, 1.165) is 6.54 Å². The van der Waals surface area contributed by atoms with Crippen LogP contribution in [0.3, 0.4) is 0 Å². The zero-order valence-corrected chi connectivity index (χ0v) is 11.4. The highest BCUT2D eigenvalue weighted by molar-refractivity contribution is 5.10. The van der Waals surface area contributed by atoms with E-state index in [0.29, 0.717) is 11.5 Å². The normalized spacial score (nSPS) is 21.4. The second-order valence-corrected chi connectivity index (χ2v) is 5.62. The van der Waals surface area contributed by atoms with Gasteiger partial charge >= 0.3 is 0 Å². The molecule has 1 saturated carbocycles. The Hall–Kier alpha value is -0.830. The van der Waals surface area contributed by atoms with Crippen LogP contribution >= 0.6 is 0 Å². The fourth-order valence-electron chi connectivity index (χ4n) is 3.15. The largest absolute Gasteiger partial charge is 0.308 e. The Bertz CT molecular complexity index is 350. The van der Waals surface area contributed by atoms with Crippen LogP contribution in [0.1, 0.15) is 57.7 Å². The molecule has 1 heterocycles. The topological polar surface area (TPSA) is 29.9 Å². The van der Waals surface area contributed by atoms with Gasteiger partial charge in [-0.2, -0.15) is 5.10 Å². The van der Waals surface area contributed by atoms with Gasteiger partial charge in [0.15, 0.2) is 0 Å². The molecule has 1 aromatic rings. The quantitative estimate of drug-likeness (QED) is 0.869. The third-order valence-corrected chi connectivity index (χ3v) is 4.13. The van der Waals surface area contributed by atoms with Crippen LogP contribution in [0.15, 0.2) is 12.3 Å². The summed E-state index contributed by atoms with van der Waals surface area (Å²) in [6, 6.07) is 2.57. The third kappa shape index (κ3) is 2.71. The Morgan fingerprint density at radius 1 is 1.41 bits per heavy atom. The van der Waals surface area contributed by atoms with Gasteiger partial charge in [0.25, 0.3) is 0 Å². The van der Waals surface area contributed by atoms with Crippen LogP contribution in [0, 0.1) is 5.41 Å². The van der Waals surface area contributed by atoms with Gasteiger partial charge in [-0.1, -0.05) is 33.1 Å². The summed E-state index contributed by atoms with van der Waals surface area (Å²) in [4.78, 5) is 0. The SMILES string of the molecule is CCNC(c1ccn(C)n1)C1(C)CCCCC1. The fraction of sp³-hybridized carbons (Fsp3) is 0.786. The predicted molar refractivity (Wildman–Crippen MR) is 70.8 cm³/mol. The van der Waals surface area contributed by atoms with E-state index in [1.807, 2.05) is 17.9 Å². The minimum atomic E-state index is 0.378. The molecule has 2 rings (SSSR count). The Kier molecular flexibility index (Phi) is 3.87. The van der Waals surface area contributed by atoms with Crippen molar-refractivity contribution in [1.29, 1.82) is 0 Å².